The first-order chi connectivity index (χ1) is 13.1. The van der Waals surface area contributed by atoms with Gasteiger partial charge < -0.3 is 15.2 Å². The largest absolute Gasteiger partial charge is 0.489 e. The molecule has 4 rings (SSSR count). The standard InChI is InChI=1S/C18H15N5O4/c19-14(24)4-1-9-8-21-6-5-12(9)26-10-2-3-13-11(7-10)15-16(17(15)27-13)18(25)22-23-20/h2-3,5-8,15-17H,1,4H2,(H2,19,24)/t15?,16-,17?/m0/s1. The summed E-state index contributed by atoms with van der Waals surface area (Å²) >= 11 is 0. The molecule has 1 aliphatic heterocycles. The molecule has 2 amide bonds. The molecule has 2 aliphatic rings. The van der Waals surface area contributed by atoms with Crippen LogP contribution in [0.4, 0.5) is 0 Å². The highest BCUT2D eigenvalue weighted by atomic mass is 16.5. The van der Waals surface area contributed by atoms with Crippen LogP contribution >= 0.6 is 0 Å². The smallest absolute Gasteiger partial charge is 0.226 e. The molecule has 2 aromatic rings. The number of carbonyl (C=O) groups is 2. The molecule has 2 heterocycles. The number of benzene rings is 1. The normalized spacial score (nSPS) is 21.3. The van der Waals surface area contributed by atoms with Crippen molar-refractivity contribution in [3.63, 3.8) is 0 Å². The predicted molar refractivity (Wildman–Crippen MR) is 93.1 cm³/mol. The van der Waals surface area contributed by atoms with Crippen LogP contribution in [0.2, 0.25) is 0 Å². The number of nitrogens with two attached hydrogens (primary N) is 1. The molecule has 136 valence electrons. The number of rotatable bonds is 6. The minimum Gasteiger partial charge on any atom is -0.489 e. The zero-order valence-electron chi connectivity index (χ0n) is 14.1. The Bertz CT molecular complexity index is 985. The van der Waals surface area contributed by atoms with Crippen LogP contribution in [0.1, 0.15) is 23.5 Å². The third kappa shape index (κ3) is 3.16. The minimum absolute atomic E-state index is 0.117. The molecule has 0 saturated heterocycles. The number of primary amides is 1. The highest BCUT2D eigenvalue weighted by molar-refractivity contribution is 5.86. The fourth-order valence-electron chi connectivity index (χ4n) is 3.40. The fourth-order valence-corrected chi connectivity index (χ4v) is 3.40. The van der Waals surface area contributed by atoms with Gasteiger partial charge in [0.15, 0.2) is 0 Å². The first kappa shape index (κ1) is 16.9. The number of aromatic nitrogens is 1. The van der Waals surface area contributed by atoms with E-state index < -0.39 is 17.7 Å². The molecular formula is C18H15N5O4. The van der Waals surface area contributed by atoms with Crippen molar-refractivity contribution in [1.29, 1.82) is 0 Å². The summed E-state index contributed by atoms with van der Waals surface area (Å²) in [6.45, 7) is 0. The summed E-state index contributed by atoms with van der Waals surface area (Å²) in [6.07, 6.45) is 3.60. The van der Waals surface area contributed by atoms with Crippen molar-refractivity contribution in [3.8, 4) is 17.2 Å². The minimum atomic E-state index is -0.507. The van der Waals surface area contributed by atoms with Crippen LogP contribution in [0, 0.1) is 5.92 Å². The summed E-state index contributed by atoms with van der Waals surface area (Å²) in [4.78, 5) is 29.4. The summed E-state index contributed by atoms with van der Waals surface area (Å²) in [7, 11) is 0. The molecule has 3 atom stereocenters. The van der Waals surface area contributed by atoms with Crippen molar-refractivity contribution in [2.75, 3.05) is 0 Å². The first-order valence-electron chi connectivity index (χ1n) is 8.37. The van der Waals surface area contributed by atoms with Gasteiger partial charge in [-0.3, -0.25) is 14.6 Å². The SMILES string of the molecule is [N-]=[N+]=NC(=O)[C@@H]1C2Oc3ccc(Oc4ccncc4CCC(N)=O)cc3C21. The molecule has 2 N–H and O–H groups in total. The van der Waals surface area contributed by atoms with Crippen molar-refractivity contribution >= 4 is 11.8 Å². The van der Waals surface area contributed by atoms with Crippen molar-refractivity contribution in [2.24, 2.45) is 16.8 Å². The average molecular weight is 365 g/mol. The molecule has 1 aromatic heterocycles. The van der Waals surface area contributed by atoms with E-state index in [1.165, 1.54) is 0 Å². The third-order valence-electron chi connectivity index (χ3n) is 4.71. The molecule has 1 aromatic carbocycles. The van der Waals surface area contributed by atoms with Gasteiger partial charge in [-0.1, -0.05) is 0 Å². The number of carbonyl (C=O) groups excluding carboxylic acids is 2. The first-order valence-corrected chi connectivity index (χ1v) is 8.37. The quantitative estimate of drug-likeness (QED) is 0.476. The highest BCUT2D eigenvalue weighted by Crippen LogP contribution is 2.59. The second-order valence-electron chi connectivity index (χ2n) is 6.41. The molecule has 0 bridgehead atoms. The maximum Gasteiger partial charge on any atom is 0.226 e. The van der Waals surface area contributed by atoms with Gasteiger partial charge in [-0.05, 0) is 41.3 Å². The number of aryl methyl sites for hydroxylation is 1. The summed E-state index contributed by atoms with van der Waals surface area (Å²) in [5.41, 5.74) is 15.3. The van der Waals surface area contributed by atoms with Crippen LogP contribution in [-0.2, 0) is 16.0 Å². The van der Waals surface area contributed by atoms with Gasteiger partial charge in [0.25, 0.3) is 0 Å². The Morgan fingerprint density at radius 1 is 1.37 bits per heavy atom. The Morgan fingerprint density at radius 2 is 2.22 bits per heavy atom. The van der Waals surface area contributed by atoms with Crippen molar-refractivity contribution in [3.05, 3.63) is 58.2 Å². The second kappa shape index (κ2) is 6.62. The highest BCUT2D eigenvalue weighted by Gasteiger charge is 2.62. The van der Waals surface area contributed by atoms with E-state index >= 15 is 0 Å². The van der Waals surface area contributed by atoms with Gasteiger partial charge in [-0.2, -0.15) is 0 Å². The van der Waals surface area contributed by atoms with Gasteiger partial charge in [0.2, 0.25) is 11.8 Å². The summed E-state index contributed by atoms with van der Waals surface area (Å²) in [5.74, 6) is 0.406. The van der Waals surface area contributed by atoms with Gasteiger partial charge in [0, 0.05) is 40.8 Å². The lowest BCUT2D eigenvalue weighted by Gasteiger charge is -2.12. The number of hydrogen-bond acceptors (Lipinski definition) is 5. The molecule has 27 heavy (non-hydrogen) atoms. The number of azide groups is 1. The lowest BCUT2D eigenvalue weighted by Crippen LogP contribution is -2.11. The van der Waals surface area contributed by atoms with Crippen LogP contribution in [0.15, 0.2) is 41.8 Å². The molecule has 9 heteroatoms. The van der Waals surface area contributed by atoms with Crippen LogP contribution in [0.5, 0.6) is 17.2 Å². The Kier molecular flexibility index (Phi) is 4.13. The van der Waals surface area contributed by atoms with Crippen molar-refractivity contribution in [1.82, 2.24) is 4.98 Å². The van der Waals surface area contributed by atoms with Crippen LogP contribution in [0.25, 0.3) is 10.4 Å². The van der Waals surface area contributed by atoms with Crippen molar-refractivity contribution in [2.45, 2.75) is 24.9 Å². The zero-order valence-corrected chi connectivity index (χ0v) is 14.1. The summed E-state index contributed by atoms with van der Waals surface area (Å²) in [6, 6.07) is 7.10. The lowest BCUT2D eigenvalue weighted by molar-refractivity contribution is -0.120. The monoisotopic (exact) mass is 365 g/mol. The Morgan fingerprint density at radius 3 is 3.00 bits per heavy atom. The van der Waals surface area contributed by atoms with E-state index in [0.29, 0.717) is 23.7 Å². The van der Waals surface area contributed by atoms with Gasteiger partial charge in [0.1, 0.15) is 23.4 Å². The number of fused-ring (bicyclic) bond motifs is 3. The molecule has 0 radical (unpaired) electrons. The maximum absolute atomic E-state index is 11.8. The fraction of sp³-hybridized carbons (Fsp3) is 0.278. The van der Waals surface area contributed by atoms with E-state index in [1.807, 2.05) is 6.07 Å². The summed E-state index contributed by atoms with van der Waals surface area (Å²) < 4.78 is 11.7. The molecule has 0 spiro atoms. The van der Waals surface area contributed by atoms with Gasteiger partial charge in [0.05, 0.1) is 5.92 Å². The maximum atomic E-state index is 11.8. The number of pyridine rings is 1. The Hall–Kier alpha value is -3.58. The number of ether oxygens (including phenoxy) is 2. The Labute approximate surface area is 153 Å². The average Bonchev–Trinajstić information content (AvgIpc) is 3.25. The number of nitrogens with zero attached hydrogens (tertiary/aromatic N) is 4. The molecule has 1 fully saturated rings. The Balaban J connectivity index is 1.54. The van der Waals surface area contributed by atoms with Crippen LogP contribution in [-0.4, -0.2) is 22.9 Å². The van der Waals surface area contributed by atoms with Gasteiger partial charge in [-0.25, -0.2) is 0 Å². The van der Waals surface area contributed by atoms with Crippen LogP contribution < -0.4 is 15.2 Å². The molecule has 2 unspecified atom stereocenters. The van der Waals surface area contributed by atoms with E-state index in [0.717, 1.165) is 11.1 Å². The topological polar surface area (TPSA) is 140 Å². The summed E-state index contributed by atoms with van der Waals surface area (Å²) in [5, 5.41) is 3.16. The van der Waals surface area contributed by atoms with E-state index in [1.54, 1.807) is 30.6 Å². The van der Waals surface area contributed by atoms with E-state index in [4.69, 9.17) is 20.7 Å². The zero-order chi connectivity index (χ0) is 19.0. The van der Waals surface area contributed by atoms with E-state index in [9.17, 15) is 9.59 Å². The van der Waals surface area contributed by atoms with E-state index in [2.05, 4.69) is 15.0 Å². The molecule has 1 aliphatic carbocycles. The third-order valence-corrected chi connectivity index (χ3v) is 4.71. The van der Waals surface area contributed by atoms with Crippen LogP contribution in [0.3, 0.4) is 0 Å². The molecular weight excluding hydrogens is 350 g/mol. The van der Waals surface area contributed by atoms with Gasteiger partial charge >= 0.3 is 0 Å². The number of hydrogen-bond donors (Lipinski definition) is 1. The van der Waals surface area contributed by atoms with E-state index in [-0.39, 0.29) is 18.4 Å². The van der Waals surface area contributed by atoms with Gasteiger partial charge in [-0.15, -0.1) is 0 Å². The number of amides is 2. The second-order valence-corrected chi connectivity index (χ2v) is 6.41. The van der Waals surface area contributed by atoms with Crippen molar-refractivity contribution < 1.29 is 19.1 Å². The lowest BCUT2D eigenvalue weighted by atomic mass is 10.1. The predicted octanol–water partition coefficient (Wildman–Crippen LogP) is 2.60. The molecule has 1 saturated carbocycles. The molecule has 9 nitrogen and oxygen atoms in total.